The van der Waals surface area contributed by atoms with Crippen LogP contribution in [0.2, 0.25) is 5.02 Å². The van der Waals surface area contributed by atoms with Crippen molar-refractivity contribution in [3.8, 4) is 0 Å². The van der Waals surface area contributed by atoms with Crippen LogP contribution in [0.4, 0.5) is 5.69 Å². The second-order valence-corrected chi connectivity index (χ2v) is 9.71. The molecule has 11 heteroatoms. The first-order valence-corrected chi connectivity index (χ1v) is 11.5. The van der Waals surface area contributed by atoms with Crippen molar-refractivity contribution in [2.24, 2.45) is 0 Å². The second-order valence-electron chi connectivity index (χ2n) is 7.52. The Balaban J connectivity index is 1.96. The van der Waals surface area contributed by atoms with Gasteiger partial charge in [0.15, 0.2) is 11.6 Å². The standard InChI is InChI=1S/C21H16ClN2O7P/c22-15-5-1-3-12(10-15)16-7-8-18(25)21(20(16)26,32(29,30)31)14-9-13-4-2-6-17(24(27)28)19(13)23-11-14/h1-6,9-11,16H,7-8H2,(H2,29,30,31)/t16-,21?/m0/s1. The number of hydrogen-bond donors (Lipinski definition) is 2. The maximum atomic E-state index is 13.6. The van der Waals surface area contributed by atoms with Crippen LogP contribution in [0.15, 0.2) is 54.7 Å². The zero-order valence-corrected chi connectivity index (χ0v) is 18.0. The predicted molar refractivity (Wildman–Crippen MR) is 116 cm³/mol. The summed E-state index contributed by atoms with van der Waals surface area (Å²) in [6, 6.07) is 11.6. The van der Waals surface area contributed by atoms with E-state index in [0.717, 1.165) is 6.20 Å². The van der Waals surface area contributed by atoms with Gasteiger partial charge in [-0.1, -0.05) is 35.9 Å². The molecular weight excluding hydrogens is 459 g/mol. The second kappa shape index (κ2) is 7.86. The van der Waals surface area contributed by atoms with E-state index in [1.165, 1.54) is 30.3 Å². The van der Waals surface area contributed by atoms with Crippen LogP contribution >= 0.6 is 19.2 Å². The molecule has 1 aromatic heterocycles. The number of carbonyl (C=O) groups is 2. The highest BCUT2D eigenvalue weighted by Gasteiger charge is 2.63. The van der Waals surface area contributed by atoms with Crippen LogP contribution in [0.5, 0.6) is 0 Å². The molecule has 32 heavy (non-hydrogen) atoms. The fourth-order valence-electron chi connectivity index (χ4n) is 4.29. The van der Waals surface area contributed by atoms with Crippen LogP contribution < -0.4 is 0 Å². The third-order valence-electron chi connectivity index (χ3n) is 5.73. The highest BCUT2D eigenvalue weighted by Crippen LogP contribution is 2.62. The number of ketones is 2. The third kappa shape index (κ3) is 3.34. The normalized spacial score (nSPS) is 21.7. The van der Waals surface area contributed by atoms with Gasteiger partial charge in [-0.05, 0) is 30.2 Å². The zero-order valence-electron chi connectivity index (χ0n) is 16.3. The summed E-state index contributed by atoms with van der Waals surface area (Å²) >= 11 is 6.03. The average molecular weight is 475 g/mol. The van der Waals surface area contributed by atoms with E-state index in [1.54, 1.807) is 18.2 Å². The van der Waals surface area contributed by atoms with Crippen LogP contribution in [0.3, 0.4) is 0 Å². The number of non-ortho nitro benzene ring substituents is 1. The van der Waals surface area contributed by atoms with Crippen molar-refractivity contribution in [3.63, 3.8) is 0 Å². The number of aromatic nitrogens is 1. The molecule has 0 radical (unpaired) electrons. The van der Waals surface area contributed by atoms with Gasteiger partial charge in [-0.25, -0.2) is 4.98 Å². The minimum absolute atomic E-state index is 0.0239. The number of Topliss-reactive ketones (excluding diaryl/α,β-unsaturated/α-hetero) is 2. The van der Waals surface area contributed by atoms with Crippen molar-refractivity contribution >= 4 is 47.4 Å². The Kier molecular flexibility index (Phi) is 5.46. The number of benzene rings is 2. The minimum Gasteiger partial charge on any atom is -0.323 e. The number of para-hydroxylation sites is 1. The molecule has 2 N–H and O–H groups in total. The number of hydrogen-bond acceptors (Lipinski definition) is 6. The summed E-state index contributed by atoms with van der Waals surface area (Å²) in [5.41, 5.74) is -0.181. The largest absolute Gasteiger partial charge is 0.351 e. The Morgan fingerprint density at radius 2 is 1.88 bits per heavy atom. The summed E-state index contributed by atoms with van der Waals surface area (Å²) < 4.78 is 12.8. The quantitative estimate of drug-likeness (QED) is 0.250. The lowest BCUT2D eigenvalue weighted by Crippen LogP contribution is -2.49. The molecule has 1 unspecified atom stereocenters. The van der Waals surface area contributed by atoms with E-state index in [-0.39, 0.29) is 35.0 Å². The van der Waals surface area contributed by atoms with E-state index in [9.17, 15) is 34.1 Å². The number of fused-ring (bicyclic) bond motifs is 1. The Labute approximate surface area is 186 Å². The fraction of sp³-hybridized carbons (Fsp3) is 0.190. The summed E-state index contributed by atoms with van der Waals surface area (Å²) in [7, 11) is -5.39. The fourth-order valence-corrected chi connectivity index (χ4v) is 5.82. The number of nitro benzene ring substituents is 1. The van der Waals surface area contributed by atoms with Crippen molar-refractivity contribution in [1.29, 1.82) is 0 Å². The molecule has 1 fully saturated rings. The van der Waals surface area contributed by atoms with E-state index in [4.69, 9.17) is 11.6 Å². The molecule has 4 rings (SSSR count). The van der Waals surface area contributed by atoms with Crippen molar-refractivity contribution in [1.82, 2.24) is 4.98 Å². The van der Waals surface area contributed by atoms with Gasteiger partial charge in [0.2, 0.25) is 5.16 Å². The smallest absolute Gasteiger partial charge is 0.323 e. The van der Waals surface area contributed by atoms with Crippen molar-refractivity contribution in [3.05, 3.63) is 81.0 Å². The predicted octanol–water partition coefficient (Wildman–Crippen LogP) is 3.89. The number of nitrogens with zero attached hydrogens (tertiary/aromatic N) is 2. The van der Waals surface area contributed by atoms with Gasteiger partial charge in [-0.3, -0.25) is 24.3 Å². The molecule has 2 atom stereocenters. The lowest BCUT2D eigenvalue weighted by atomic mass is 9.72. The third-order valence-corrected chi connectivity index (χ3v) is 7.57. The Bertz CT molecular complexity index is 1340. The zero-order chi connectivity index (χ0) is 23.3. The molecule has 164 valence electrons. The molecule has 1 heterocycles. The monoisotopic (exact) mass is 474 g/mol. The molecule has 1 saturated carbocycles. The van der Waals surface area contributed by atoms with Crippen LogP contribution in [0.1, 0.15) is 29.9 Å². The molecule has 0 amide bonds. The lowest BCUT2D eigenvalue weighted by molar-refractivity contribution is -0.383. The molecule has 0 spiro atoms. The van der Waals surface area contributed by atoms with E-state index < -0.39 is 35.2 Å². The molecule has 3 aromatic rings. The van der Waals surface area contributed by atoms with Gasteiger partial charge in [0.25, 0.3) is 5.69 Å². The molecule has 0 aliphatic heterocycles. The van der Waals surface area contributed by atoms with E-state index in [2.05, 4.69) is 4.98 Å². The van der Waals surface area contributed by atoms with E-state index in [1.807, 2.05) is 0 Å². The van der Waals surface area contributed by atoms with Gasteiger partial charge < -0.3 is 9.79 Å². The molecule has 1 aliphatic carbocycles. The number of pyridine rings is 1. The average Bonchev–Trinajstić information content (AvgIpc) is 2.72. The summed E-state index contributed by atoms with van der Waals surface area (Å²) in [4.78, 5) is 62.0. The SMILES string of the molecule is O=C1CC[C@@H](c2cccc(Cl)c2)C(=O)C1(c1cnc2c([N+](=O)[O-])cccc2c1)P(=O)(O)O. The highest BCUT2D eigenvalue weighted by atomic mass is 35.5. The maximum Gasteiger partial charge on any atom is 0.351 e. The van der Waals surface area contributed by atoms with E-state index in [0.29, 0.717) is 10.6 Å². The van der Waals surface area contributed by atoms with Gasteiger partial charge in [0, 0.05) is 40.6 Å². The van der Waals surface area contributed by atoms with Crippen molar-refractivity contribution in [2.45, 2.75) is 23.9 Å². The Morgan fingerprint density at radius 3 is 2.53 bits per heavy atom. The number of nitro groups is 1. The lowest BCUT2D eigenvalue weighted by Gasteiger charge is -2.38. The molecule has 0 saturated heterocycles. The van der Waals surface area contributed by atoms with Crippen molar-refractivity contribution < 1.29 is 28.9 Å². The van der Waals surface area contributed by atoms with Gasteiger partial charge >= 0.3 is 7.60 Å². The molecule has 2 aromatic carbocycles. The summed E-state index contributed by atoms with van der Waals surface area (Å²) in [6.45, 7) is 0. The van der Waals surface area contributed by atoms with Crippen molar-refractivity contribution in [2.75, 3.05) is 0 Å². The molecule has 9 nitrogen and oxygen atoms in total. The number of carbonyl (C=O) groups excluding carboxylic acids is 2. The summed E-state index contributed by atoms with van der Waals surface area (Å²) in [6.07, 6.45) is 0.790. The number of halogens is 1. The maximum absolute atomic E-state index is 13.6. The minimum atomic E-state index is -5.39. The molecular formula is C21H16ClN2O7P. The van der Waals surface area contributed by atoms with Gasteiger partial charge in [0.1, 0.15) is 5.52 Å². The topological polar surface area (TPSA) is 148 Å². The first kappa shape index (κ1) is 22.2. The number of rotatable bonds is 4. The van der Waals surface area contributed by atoms with Crippen LogP contribution in [-0.2, 0) is 19.3 Å². The van der Waals surface area contributed by atoms with Gasteiger partial charge in [-0.2, -0.15) is 0 Å². The van der Waals surface area contributed by atoms with E-state index >= 15 is 0 Å². The summed E-state index contributed by atoms with van der Waals surface area (Å²) in [5, 5.41) is 9.03. The van der Waals surface area contributed by atoms with Crippen LogP contribution in [0, 0.1) is 10.1 Å². The van der Waals surface area contributed by atoms with Gasteiger partial charge in [-0.15, -0.1) is 0 Å². The first-order chi connectivity index (χ1) is 15.1. The van der Waals surface area contributed by atoms with Crippen LogP contribution in [-0.4, -0.2) is 31.3 Å². The van der Waals surface area contributed by atoms with Gasteiger partial charge in [0.05, 0.1) is 4.92 Å². The Morgan fingerprint density at radius 1 is 1.16 bits per heavy atom. The molecule has 1 aliphatic rings. The Hall–Kier alpha value is -2.97. The molecule has 0 bridgehead atoms. The highest BCUT2D eigenvalue weighted by molar-refractivity contribution is 7.55. The summed E-state index contributed by atoms with van der Waals surface area (Å²) in [5.74, 6) is -2.84. The first-order valence-electron chi connectivity index (χ1n) is 9.49. The van der Waals surface area contributed by atoms with Crippen LogP contribution in [0.25, 0.3) is 10.9 Å².